The van der Waals surface area contributed by atoms with Crippen LogP contribution in [0.2, 0.25) is 0 Å². The summed E-state index contributed by atoms with van der Waals surface area (Å²) in [6, 6.07) is 12.9. The van der Waals surface area contributed by atoms with Crippen LogP contribution in [-0.2, 0) is 6.42 Å². The lowest BCUT2D eigenvalue weighted by molar-refractivity contribution is 0.269. The lowest BCUT2D eigenvalue weighted by atomic mass is 9.89. The average molecular weight is 429 g/mol. The number of benzene rings is 1. The van der Waals surface area contributed by atoms with Gasteiger partial charge in [0.25, 0.3) is 0 Å². The Balaban J connectivity index is 2.07. The number of hydrogen-bond acceptors (Lipinski definition) is 4. The van der Waals surface area contributed by atoms with Crippen molar-refractivity contribution in [2.45, 2.75) is 60.2 Å². The summed E-state index contributed by atoms with van der Waals surface area (Å²) in [6.07, 6.45) is 2.83. The zero-order chi connectivity index (χ0) is 23.3. The maximum Gasteiger partial charge on any atom is 0.113 e. The van der Waals surface area contributed by atoms with Gasteiger partial charge in [-0.2, -0.15) is 0 Å². The predicted octanol–water partition coefficient (Wildman–Crippen LogP) is 4.87. The molecular formula is C28H36N4. The fourth-order valence-corrected chi connectivity index (χ4v) is 4.23. The number of aryl methyl sites for hydroxylation is 2. The highest BCUT2D eigenvalue weighted by Crippen LogP contribution is 2.35. The fourth-order valence-electron chi connectivity index (χ4n) is 4.23. The molecule has 2 atom stereocenters. The topological polar surface area (TPSA) is 54.2 Å². The molecule has 0 bridgehead atoms. The third-order valence-corrected chi connectivity index (χ3v) is 6.37. The molecule has 4 nitrogen and oxygen atoms in total. The Morgan fingerprint density at radius 2 is 1.84 bits per heavy atom. The maximum absolute atomic E-state index is 6.52. The number of rotatable bonds is 4. The Kier molecular flexibility index (Phi) is 7.90. The molecule has 0 fully saturated rings. The van der Waals surface area contributed by atoms with E-state index in [0.717, 1.165) is 30.8 Å². The van der Waals surface area contributed by atoms with Gasteiger partial charge in [-0.15, -0.1) is 0 Å². The van der Waals surface area contributed by atoms with E-state index in [2.05, 4.69) is 98.9 Å². The van der Waals surface area contributed by atoms with Crippen LogP contribution in [0.15, 0.2) is 65.0 Å². The van der Waals surface area contributed by atoms with Gasteiger partial charge in [0.2, 0.25) is 0 Å². The van der Waals surface area contributed by atoms with Crippen LogP contribution in [0.3, 0.4) is 0 Å². The van der Waals surface area contributed by atoms with Crippen molar-refractivity contribution < 1.29 is 0 Å². The van der Waals surface area contributed by atoms with Crippen LogP contribution in [0, 0.1) is 18.8 Å². The first-order valence-corrected chi connectivity index (χ1v) is 11.5. The molecule has 2 unspecified atom stereocenters. The molecule has 1 aliphatic rings. The van der Waals surface area contributed by atoms with Gasteiger partial charge < -0.3 is 16.0 Å². The third kappa shape index (κ3) is 5.30. The first-order valence-electron chi connectivity index (χ1n) is 11.5. The summed E-state index contributed by atoms with van der Waals surface area (Å²) < 4.78 is 0. The maximum atomic E-state index is 6.52. The number of nitrogens with two attached hydrogens (primary N) is 1. The van der Waals surface area contributed by atoms with Crippen LogP contribution in [0.4, 0.5) is 0 Å². The molecule has 168 valence electrons. The van der Waals surface area contributed by atoms with E-state index >= 15 is 0 Å². The Morgan fingerprint density at radius 3 is 2.44 bits per heavy atom. The van der Waals surface area contributed by atoms with Crippen LogP contribution in [0.25, 0.3) is 0 Å². The highest BCUT2D eigenvalue weighted by molar-refractivity contribution is 5.50. The quantitative estimate of drug-likeness (QED) is 0.683. The lowest BCUT2D eigenvalue weighted by Crippen LogP contribution is -2.45. The molecule has 2 aromatic rings. The lowest BCUT2D eigenvalue weighted by Gasteiger charge is -2.30. The molecule has 0 saturated carbocycles. The summed E-state index contributed by atoms with van der Waals surface area (Å²) in [6.45, 7) is 14.4. The van der Waals surface area contributed by atoms with Crippen LogP contribution in [0.1, 0.15) is 63.0 Å². The molecular weight excluding hydrogens is 392 g/mol. The zero-order valence-corrected chi connectivity index (χ0v) is 20.3. The molecule has 3 N–H and O–H groups in total. The van der Waals surface area contributed by atoms with Gasteiger partial charge in [0.05, 0.1) is 12.2 Å². The summed E-state index contributed by atoms with van der Waals surface area (Å²) in [5.41, 5.74) is 15.7. The van der Waals surface area contributed by atoms with E-state index in [1.807, 2.05) is 12.3 Å². The Morgan fingerprint density at radius 1 is 1.12 bits per heavy atom. The normalized spacial score (nSPS) is 19.8. The summed E-state index contributed by atoms with van der Waals surface area (Å²) in [5.74, 6) is 6.60. The van der Waals surface area contributed by atoms with Crippen LogP contribution in [-0.4, -0.2) is 29.1 Å². The zero-order valence-electron chi connectivity index (χ0n) is 20.3. The van der Waals surface area contributed by atoms with E-state index < -0.39 is 0 Å². The molecule has 0 amide bonds. The first kappa shape index (κ1) is 23.8. The molecule has 32 heavy (non-hydrogen) atoms. The number of nitrogens with zero attached hydrogens (tertiary/aromatic N) is 2. The largest absolute Gasteiger partial charge is 0.358 e. The first-order chi connectivity index (χ1) is 15.3. The summed E-state index contributed by atoms with van der Waals surface area (Å²) >= 11 is 0. The van der Waals surface area contributed by atoms with E-state index in [4.69, 9.17) is 5.73 Å². The molecule has 2 heterocycles. The molecule has 3 rings (SSSR count). The molecule has 1 aliphatic heterocycles. The van der Waals surface area contributed by atoms with Crippen LogP contribution >= 0.6 is 0 Å². The summed E-state index contributed by atoms with van der Waals surface area (Å²) in [4.78, 5) is 6.77. The van der Waals surface area contributed by atoms with Crippen LogP contribution in [0.5, 0.6) is 0 Å². The number of allylic oxidation sites excluding steroid dienone is 2. The third-order valence-electron chi connectivity index (χ3n) is 6.37. The van der Waals surface area contributed by atoms with Crippen molar-refractivity contribution in [3.8, 4) is 11.8 Å². The molecule has 0 radical (unpaired) electrons. The second-order valence-corrected chi connectivity index (χ2v) is 8.51. The summed E-state index contributed by atoms with van der Waals surface area (Å²) in [5, 5.41) is 3.71. The van der Waals surface area contributed by atoms with Gasteiger partial charge >= 0.3 is 0 Å². The number of nitrogens with one attached hydrogen (secondary N) is 1. The van der Waals surface area contributed by atoms with E-state index in [0.29, 0.717) is 0 Å². The minimum absolute atomic E-state index is 0.0640. The minimum atomic E-state index is -0.0640. The number of aromatic nitrogens is 1. The van der Waals surface area contributed by atoms with Crippen molar-refractivity contribution in [1.29, 1.82) is 0 Å². The van der Waals surface area contributed by atoms with Gasteiger partial charge in [-0.1, -0.05) is 48.7 Å². The minimum Gasteiger partial charge on any atom is -0.358 e. The highest BCUT2D eigenvalue weighted by atomic mass is 15.3. The van der Waals surface area contributed by atoms with Crippen molar-refractivity contribution in [2.75, 3.05) is 13.1 Å². The SMILES string of the molecule is CCc1ccc(C#C/C(C)=C(\C)C2=C(C)N(CC)C(N)CNC2c2ccc(C)cc2)nc1. The number of hydrogen-bond donors (Lipinski definition) is 2. The van der Waals surface area contributed by atoms with Crippen molar-refractivity contribution in [1.82, 2.24) is 15.2 Å². The Labute approximate surface area is 193 Å². The second kappa shape index (κ2) is 10.6. The van der Waals surface area contributed by atoms with Gasteiger partial charge in [-0.3, -0.25) is 0 Å². The van der Waals surface area contributed by atoms with Crippen molar-refractivity contribution in [3.05, 3.63) is 87.4 Å². The molecule has 0 spiro atoms. The number of likely N-dealkylation sites (N-methyl/N-ethyl adjacent to an activating group) is 1. The highest BCUT2D eigenvalue weighted by Gasteiger charge is 2.29. The molecule has 0 aliphatic carbocycles. The van der Waals surface area contributed by atoms with Crippen LogP contribution < -0.4 is 11.1 Å². The van der Waals surface area contributed by atoms with Gasteiger partial charge in [0.15, 0.2) is 0 Å². The standard InChI is InChI=1S/C28H36N4/c1-7-23-12-16-25(30-17-23)15-11-20(4)21(5)27-22(6)32(8-2)26(29)18-31-28(27)24-13-9-19(3)10-14-24/h9-10,12-14,16-17,26,28,31H,7-8,18,29H2,1-6H3/b21-20+. The fraction of sp³-hybridized carbons (Fsp3) is 0.393. The Bertz CT molecular complexity index is 1050. The molecule has 4 heteroatoms. The van der Waals surface area contributed by atoms with E-state index in [1.165, 1.54) is 33.5 Å². The van der Waals surface area contributed by atoms with E-state index in [1.54, 1.807) is 0 Å². The number of pyridine rings is 1. The van der Waals surface area contributed by atoms with Gasteiger partial charge in [-0.25, -0.2) is 4.98 Å². The van der Waals surface area contributed by atoms with Gasteiger partial charge in [-0.05, 0) is 75.3 Å². The second-order valence-electron chi connectivity index (χ2n) is 8.51. The van der Waals surface area contributed by atoms with Crippen molar-refractivity contribution >= 4 is 0 Å². The average Bonchev–Trinajstić information content (AvgIpc) is 2.93. The summed E-state index contributed by atoms with van der Waals surface area (Å²) in [7, 11) is 0. The smallest absolute Gasteiger partial charge is 0.113 e. The van der Waals surface area contributed by atoms with E-state index in [-0.39, 0.29) is 12.2 Å². The van der Waals surface area contributed by atoms with Crippen molar-refractivity contribution in [3.63, 3.8) is 0 Å². The van der Waals surface area contributed by atoms with Gasteiger partial charge in [0.1, 0.15) is 5.69 Å². The Hall–Kier alpha value is -2.87. The monoisotopic (exact) mass is 428 g/mol. The van der Waals surface area contributed by atoms with E-state index in [9.17, 15) is 0 Å². The van der Waals surface area contributed by atoms with Gasteiger partial charge in [0, 0.05) is 30.6 Å². The van der Waals surface area contributed by atoms with Crippen molar-refractivity contribution in [2.24, 2.45) is 5.73 Å². The molecule has 0 saturated heterocycles. The molecule has 1 aromatic carbocycles. The molecule has 1 aromatic heterocycles. The predicted molar refractivity (Wildman–Crippen MR) is 134 cm³/mol.